The van der Waals surface area contributed by atoms with Gasteiger partial charge >= 0.3 is 0 Å². The smallest absolute Gasteiger partial charge is 0.225 e. The Morgan fingerprint density at radius 1 is 1.20 bits per heavy atom. The molecule has 3 fully saturated rings. The summed E-state index contributed by atoms with van der Waals surface area (Å²) in [4.78, 5) is 14.0. The maximum absolute atomic E-state index is 11.2. The summed E-state index contributed by atoms with van der Waals surface area (Å²) in [5.74, 6) is 1.35. The number of hydrogen-bond donors (Lipinski definition) is 1. The lowest BCUT2D eigenvalue weighted by molar-refractivity contribution is -0.0439. The summed E-state index contributed by atoms with van der Waals surface area (Å²) in [6.45, 7) is 7.14. The Bertz CT molecular complexity index is 601. The number of aromatic nitrogens is 2. The molecule has 1 saturated carbocycles. The Labute approximate surface area is 150 Å². The van der Waals surface area contributed by atoms with Crippen LogP contribution in [0.25, 0.3) is 0 Å². The molecule has 1 atom stereocenters. The van der Waals surface area contributed by atoms with Crippen LogP contribution in [0.3, 0.4) is 0 Å². The van der Waals surface area contributed by atoms with Crippen LogP contribution in [0.4, 0.5) is 5.95 Å². The Morgan fingerprint density at radius 3 is 2.72 bits per heavy atom. The van der Waals surface area contributed by atoms with E-state index in [1.165, 1.54) is 37.8 Å². The highest BCUT2D eigenvalue weighted by molar-refractivity contribution is 5.35. The van der Waals surface area contributed by atoms with E-state index in [0.717, 1.165) is 31.3 Å². The molecule has 0 aromatic carbocycles. The Kier molecular flexibility index (Phi) is 4.93. The Balaban J connectivity index is 1.53. The van der Waals surface area contributed by atoms with Crippen molar-refractivity contribution in [1.82, 2.24) is 14.9 Å². The lowest BCUT2D eigenvalue weighted by Gasteiger charge is -2.34. The molecule has 1 N–H and O–H groups in total. The maximum Gasteiger partial charge on any atom is 0.225 e. The summed E-state index contributed by atoms with van der Waals surface area (Å²) in [7, 11) is 0. The van der Waals surface area contributed by atoms with Crippen molar-refractivity contribution in [1.29, 1.82) is 0 Å². The van der Waals surface area contributed by atoms with Gasteiger partial charge in [0, 0.05) is 30.4 Å². The third kappa shape index (κ3) is 3.96. The number of nitrogens with zero attached hydrogens (tertiary/aromatic N) is 4. The van der Waals surface area contributed by atoms with E-state index < -0.39 is 5.60 Å². The lowest BCUT2D eigenvalue weighted by atomic mass is 9.82. The summed E-state index contributed by atoms with van der Waals surface area (Å²) in [5.41, 5.74) is 1.33. The minimum atomic E-state index is -0.857. The van der Waals surface area contributed by atoms with Crippen LogP contribution in [0.1, 0.15) is 49.4 Å². The van der Waals surface area contributed by atoms with Crippen molar-refractivity contribution in [3.63, 3.8) is 0 Å². The third-order valence-electron chi connectivity index (χ3n) is 5.75. The Hall–Kier alpha value is -1.24. The zero-order chi connectivity index (χ0) is 17.3. The van der Waals surface area contributed by atoms with E-state index in [-0.39, 0.29) is 0 Å². The van der Waals surface area contributed by atoms with Gasteiger partial charge in [-0.1, -0.05) is 6.42 Å². The first-order valence-corrected chi connectivity index (χ1v) is 9.74. The number of rotatable bonds is 4. The van der Waals surface area contributed by atoms with Crippen LogP contribution < -0.4 is 4.90 Å². The van der Waals surface area contributed by atoms with E-state index in [1.807, 2.05) is 6.92 Å². The second kappa shape index (κ2) is 7.17. The molecule has 3 aliphatic rings. The Morgan fingerprint density at radius 2 is 2.00 bits per heavy atom. The second-order valence-corrected chi connectivity index (χ2v) is 8.04. The molecule has 0 unspecified atom stereocenters. The molecule has 0 spiro atoms. The molecule has 0 amide bonds. The normalized spacial score (nSPS) is 28.8. The molecule has 6 nitrogen and oxygen atoms in total. The molecule has 0 bridgehead atoms. The highest BCUT2D eigenvalue weighted by Crippen LogP contribution is 2.36. The predicted molar refractivity (Wildman–Crippen MR) is 97.0 cm³/mol. The molecule has 1 aromatic heterocycles. The topological polar surface area (TPSA) is 61.7 Å². The van der Waals surface area contributed by atoms with Crippen LogP contribution in [0, 0.1) is 6.92 Å². The predicted octanol–water partition coefficient (Wildman–Crippen LogP) is 1.72. The molecule has 4 rings (SSSR count). The largest absolute Gasteiger partial charge is 0.384 e. The second-order valence-electron chi connectivity index (χ2n) is 8.04. The van der Waals surface area contributed by atoms with Gasteiger partial charge in [-0.2, -0.15) is 0 Å². The van der Waals surface area contributed by atoms with Crippen LogP contribution in [-0.2, 0) is 4.74 Å². The fourth-order valence-corrected chi connectivity index (χ4v) is 4.17. The van der Waals surface area contributed by atoms with E-state index in [4.69, 9.17) is 9.72 Å². The number of β-amino-alcohol motifs (C(OH)–C–C–N with tert-alkyl or cyclic N) is 1. The van der Waals surface area contributed by atoms with Crippen molar-refractivity contribution < 1.29 is 9.84 Å². The number of aliphatic hydroxyl groups is 1. The SMILES string of the molecule is Cc1cc(C2CCC2)nc(N2CCOC[C@](O)(CN3CCCC3)C2)n1. The van der Waals surface area contributed by atoms with E-state index in [0.29, 0.717) is 32.2 Å². The summed E-state index contributed by atoms with van der Waals surface area (Å²) in [6.07, 6.45) is 6.23. The number of aryl methyl sites for hydroxylation is 1. The molecule has 3 heterocycles. The molecule has 1 aromatic rings. The lowest BCUT2D eigenvalue weighted by Crippen LogP contribution is -2.52. The van der Waals surface area contributed by atoms with Crippen LogP contribution in [0.2, 0.25) is 0 Å². The van der Waals surface area contributed by atoms with Crippen molar-refractivity contribution in [2.75, 3.05) is 50.8 Å². The molecule has 0 radical (unpaired) electrons. The summed E-state index contributed by atoms with van der Waals surface area (Å²) < 4.78 is 5.74. The maximum atomic E-state index is 11.2. The van der Waals surface area contributed by atoms with Gasteiger partial charge in [0.25, 0.3) is 0 Å². The number of hydrogen-bond acceptors (Lipinski definition) is 6. The van der Waals surface area contributed by atoms with Gasteiger partial charge in [-0.15, -0.1) is 0 Å². The molecular formula is C19H30N4O2. The molecule has 6 heteroatoms. The average Bonchev–Trinajstić information content (AvgIpc) is 2.92. The molecule has 1 aliphatic carbocycles. The van der Waals surface area contributed by atoms with E-state index in [1.54, 1.807) is 0 Å². The average molecular weight is 346 g/mol. The van der Waals surface area contributed by atoms with Crippen molar-refractivity contribution in [2.45, 2.75) is 50.5 Å². The summed E-state index contributed by atoms with van der Waals surface area (Å²) in [5, 5.41) is 11.2. The number of likely N-dealkylation sites (tertiary alicyclic amines) is 1. The van der Waals surface area contributed by atoms with Crippen molar-refractivity contribution in [2.24, 2.45) is 0 Å². The van der Waals surface area contributed by atoms with Gasteiger partial charge < -0.3 is 19.6 Å². The van der Waals surface area contributed by atoms with Crippen LogP contribution in [0.15, 0.2) is 6.07 Å². The van der Waals surface area contributed by atoms with Gasteiger partial charge in [0.1, 0.15) is 5.60 Å². The fraction of sp³-hybridized carbons (Fsp3) is 0.789. The highest BCUT2D eigenvalue weighted by atomic mass is 16.5. The first-order valence-electron chi connectivity index (χ1n) is 9.74. The minimum Gasteiger partial charge on any atom is -0.384 e. The van der Waals surface area contributed by atoms with Gasteiger partial charge in [-0.3, -0.25) is 0 Å². The number of anilines is 1. The van der Waals surface area contributed by atoms with Crippen molar-refractivity contribution in [3.8, 4) is 0 Å². The zero-order valence-electron chi connectivity index (χ0n) is 15.3. The van der Waals surface area contributed by atoms with Gasteiger partial charge in [0.05, 0.1) is 19.8 Å². The molecule has 138 valence electrons. The van der Waals surface area contributed by atoms with Gasteiger partial charge in [-0.25, -0.2) is 9.97 Å². The van der Waals surface area contributed by atoms with Gasteiger partial charge in [0.15, 0.2) is 0 Å². The van der Waals surface area contributed by atoms with E-state index >= 15 is 0 Å². The van der Waals surface area contributed by atoms with E-state index in [2.05, 4.69) is 20.9 Å². The van der Waals surface area contributed by atoms with Crippen LogP contribution in [0.5, 0.6) is 0 Å². The summed E-state index contributed by atoms with van der Waals surface area (Å²) >= 11 is 0. The zero-order valence-corrected chi connectivity index (χ0v) is 15.3. The molecule has 2 aliphatic heterocycles. The first kappa shape index (κ1) is 17.2. The standard InChI is InChI=1S/C19H30N4O2/c1-15-11-17(16-5-4-6-16)21-18(20-15)23-9-10-25-14-19(24,13-23)12-22-7-2-3-8-22/h11,16,24H,2-10,12-14H2,1H3/t19-/m0/s1. The minimum absolute atomic E-state index is 0.390. The molecule has 2 saturated heterocycles. The summed E-state index contributed by atoms with van der Waals surface area (Å²) in [6, 6.07) is 2.12. The molecule has 25 heavy (non-hydrogen) atoms. The number of ether oxygens (including phenoxy) is 1. The van der Waals surface area contributed by atoms with Crippen LogP contribution in [-0.4, -0.2) is 71.5 Å². The van der Waals surface area contributed by atoms with Crippen LogP contribution >= 0.6 is 0 Å². The monoisotopic (exact) mass is 346 g/mol. The fourth-order valence-electron chi connectivity index (χ4n) is 4.17. The first-order chi connectivity index (χ1) is 12.1. The van der Waals surface area contributed by atoms with E-state index in [9.17, 15) is 5.11 Å². The van der Waals surface area contributed by atoms with Crippen molar-refractivity contribution >= 4 is 5.95 Å². The third-order valence-corrected chi connectivity index (χ3v) is 5.75. The quantitative estimate of drug-likeness (QED) is 0.896. The highest BCUT2D eigenvalue weighted by Gasteiger charge is 2.36. The van der Waals surface area contributed by atoms with Crippen molar-refractivity contribution in [3.05, 3.63) is 17.5 Å². The van der Waals surface area contributed by atoms with Gasteiger partial charge in [-0.05, 0) is 51.8 Å². The molecular weight excluding hydrogens is 316 g/mol. The van der Waals surface area contributed by atoms with Gasteiger partial charge in [0.2, 0.25) is 5.95 Å².